The van der Waals surface area contributed by atoms with Crippen LogP contribution in [0, 0.1) is 3.57 Å². The topological polar surface area (TPSA) is 40.6 Å². The lowest BCUT2D eigenvalue weighted by molar-refractivity contribution is -0.150. The maximum absolute atomic E-state index is 12.0. The molecule has 1 aliphatic rings. The van der Waals surface area contributed by atoms with E-state index in [1.54, 1.807) is 9.80 Å². The zero-order chi connectivity index (χ0) is 13.8. The van der Waals surface area contributed by atoms with Crippen molar-refractivity contribution in [2.45, 2.75) is 19.9 Å². The van der Waals surface area contributed by atoms with Crippen LogP contribution in [0.25, 0.3) is 0 Å². The van der Waals surface area contributed by atoms with E-state index in [9.17, 15) is 9.59 Å². The van der Waals surface area contributed by atoms with E-state index >= 15 is 0 Å². The Hall–Kier alpha value is -1.11. The molecule has 19 heavy (non-hydrogen) atoms. The monoisotopic (exact) mass is 372 g/mol. The van der Waals surface area contributed by atoms with Gasteiger partial charge in [0.15, 0.2) is 0 Å². The van der Waals surface area contributed by atoms with E-state index in [0.29, 0.717) is 13.1 Å². The van der Waals surface area contributed by atoms with Gasteiger partial charge in [-0.2, -0.15) is 0 Å². The van der Waals surface area contributed by atoms with E-state index < -0.39 is 0 Å². The zero-order valence-corrected chi connectivity index (χ0v) is 13.1. The molecule has 1 aromatic rings. The Balaban J connectivity index is 2.00. The van der Waals surface area contributed by atoms with Gasteiger partial charge in [-0.15, -0.1) is 0 Å². The van der Waals surface area contributed by atoms with Crippen LogP contribution in [0.5, 0.6) is 0 Å². The quantitative estimate of drug-likeness (QED) is 0.758. The fourth-order valence-electron chi connectivity index (χ4n) is 2.13. The average Bonchev–Trinajstić information content (AvgIpc) is 2.38. The highest BCUT2D eigenvalue weighted by molar-refractivity contribution is 14.1. The van der Waals surface area contributed by atoms with E-state index in [4.69, 9.17) is 0 Å². The Morgan fingerprint density at radius 2 is 1.63 bits per heavy atom. The van der Waals surface area contributed by atoms with E-state index in [1.165, 1.54) is 0 Å². The van der Waals surface area contributed by atoms with Crippen molar-refractivity contribution < 1.29 is 9.59 Å². The third-order valence-corrected chi connectivity index (χ3v) is 3.86. The fourth-order valence-corrected chi connectivity index (χ4v) is 2.49. The molecule has 0 saturated carbocycles. The van der Waals surface area contributed by atoms with Crippen LogP contribution in [-0.2, 0) is 16.1 Å². The molecule has 0 N–H and O–H groups in total. The van der Waals surface area contributed by atoms with Crippen LogP contribution < -0.4 is 0 Å². The summed E-state index contributed by atoms with van der Waals surface area (Å²) in [5, 5.41) is 0. The second kappa shape index (κ2) is 6.36. The van der Waals surface area contributed by atoms with Crippen molar-refractivity contribution in [3.8, 4) is 0 Å². The highest BCUT2D eigenvalue weighted by Crippen LogP contribution is 2.12. The van der Waals surface area contributed by atoms with Gasteiger partial charge in [-0.25, -0.2) is 0 Å². The first-order valence-corrected chi connectivity index (χ1v) is 7.48. The largest absolute Gasteiger partial charge is 0.332 e. The minimum absolute atomic E-state index is 0.0339. The van der Waals surface area contributed by atoms with Gasteiger partial charge in [0.1, 0.15) is 6.54 Å². The molecule has 1 heterocycles. The molecule has 0 unspecified atom stereocenters. The van der Waals surface area contributed by atoms with Gasteiger partial charge < -0.3 is 9.80 Å². The van der Waals surface area contributed by atoms with Crippen molar-refractivity contribution >= 4 is 34.4 Å². The average molecular weight is 372 g/mol. The fraction of sp³-hybridized carbons (Fsp3) is 0.429. The van der Waals surface area contributed by atoms with Crippen LogP contribution in [0.4, 0.5) is 0 Å². The molecule has 2 rings (SSSR count). The third-order valence-electron chi connectivity index (χ3n) is 3.14. The Bertz CT molecular complexity index is 473. The Labute approximate surface area is 126 Å². The highest BCUT2D eigenvalue weighted by atomic mass is 127. The van der Waals surface area contributed by atoms with Crippen molar-refractivity contribution in [1.29, 1.82) is 0 Å². The molecule has 1 saturated heterocycles. The van der Waals surface area contributed by atoms with Gasteiger partial charge in [-0.1, -0.05) is 19.1 Å². The minimum atomic E-state index is 0.0339. The van der Waals surface area contributed by atoms with Crippen LogP contribution in [0.1, 0.15) is 18.9 Å². The molecule has 0 radical (unpaired) electrons. The van der Waals surface area contributed by atoms with Crippen LogP contribution in [0.3, 0.4) is 0 Å². The molecule has 102 valence electrons. The number of carbonyl (C=O) groups excluding carboxylic acids is 2. The summed E-state index contributed by atoms with van der Waals surface area (Å²) < 4.78 is 1.16. The van der Waals surface area contributed by atoms with Gasteiger partial charge in [-0.05, 0) is 46.7 Å². The van der Waals surface area contributed by atoms with Crippen LogP contribution in [0.2, 0.25) is 0 Å². The number of halogens is 1. The van der Waals surface area contributed by atoms with Gasteiger partial charge in [0.2, 0.25) is 11.8 Å². The lowest BCUT2D eigenvalue weighted by atomic mass is 10.2. The summed E-state index contributed by atoms with van der Waals surface area (Å²) in [6.45, 7) is 3.61. The second-order valence-corrected chi connectivity index (χ2v) is 5.94. The normalized spacial score (nSPS) is 16.1. The summed E-state index contributed by atoms with van der Waals surface area (Å²) in [4.78, 5) is 27.2. The number of hydrogen-bond acceptors (Lipinski definition) is 2. The molecular formula is C14H17IN2O2. The molecular weight excluding hydrogens is 355 g/mol. The summed E-state index contributed by atoms with van der Waals surface area (Å²) in [6, 6.07) is 8.01. The Kier molecular flexibility index (Phi) is 4.79. The van der Waals surface area contributed by atoms with Crippen molar-refractivity contribution in [1.82, 2.24) is 9.80 Å². The van der Waals surface area contributed by atoms with Crippen molar-refractivity contribution in [2.75, 3.05) is 19.6 Å². The Morgan fingerprint density at radius 3 is 2.26 bits per heavy atom. The van der Waals surface area contributed by atoms with E-state index in [1.807, 2.05) is 31.2 Å². The van der Waals surface area contributed by atoms with E-state index in [-0.39, 0.29) is 24.9 Å². The Morgan fingerprint density at radius 1 is 1.05 bits per heavy atom. The lowest BCUT2D eigenvalue weighted by Gasteiger charge is -2.33. The second-order valence-electron chi connectivity index (χ2n) is 4.69. The molecule has 1 aliphatic heterocycles. The first-order valence-electron chi connectivity index (χ1n) is 6.40. The molecule has 5 heteroatoms. The predicted molar refractivity (Wildman–Crippen MR) is 81.4 cm³/mol. The number of nitrogens with zero attached hydrogens (tertiary/aromatic N) is 2. The molecule has 1 fully saturated rings. The SMILES string of the molecule is CCCN1CC(=O)N(Cc2ccc(I)cc2)CC1=O. The van der Waals surface area contributed by atoms with Crippen molar-refractivity contribution in [3.05, 3.63) is 33.4 Å². The maximum Gasteiger partial charge on any atom is 0.242 e. The van der Waals surface area contributed by atoms with Gasteiger partial charge >= 0.3 is 0 Å². The summed E-state index contributed by atoms with van der Waals surface area (Å²) in [5.74, 6) is 0.0820. The number of piperazine rings is 1. The number of carbonyl (C=O) groups is 2. The number of rotatable bonds is 4. The number of benzene rings is 1. The zero-order valence-electron chi connectivity index (χ0n) is 10.9. The molecule has 0 aliphatic carbocycles. The van der Waals surface area contributed by atoms with Crippen LogP contribution in [0.15, 0.2) is 24.3 Å². The minimum Gasteiger partial charge on any atom is -0.332 e. The number of hydrogen-bond donors (Lipinski definition) is 0. The molecule has 0 bridgehead atoms. The standard InChI is InChI=1S/C14H17IN2O2/c1-2-7-16-9-14(19)17(10-13(16)18)8-11-3-5-12(15)6-4-11/h3-6H,2,7-10H2,1H3. The van der Waals surface area contributed by atoms with Crippen molar-refractivity contribution in [2.24, 2.45) is 0 Å². The van der Waals surface area contributed by atoms with Crippen LogP contribution in [-0.4, -0.2) is 41.2 Å². The van der Waals surface area contributed by atoms with Gasteiger partial charge in [0, 0.05) is 16.7 Å². The van der Waals surface area contributed by atoms with E-state index in [0.717, 1.165) is 15.6 Å². The van der Waals surface area contributed by atoms with Gasteiger partial charge in [0.05, 0.1) is 6.54 Å². The molecule has 0 aromatic heterocycles. The smallest absolute Gasteiger partial charge is 0.242 e. The summed E-state index contributed by atoms with van der Waals surface area (Å²) in [7, 11) is 0. The first-order chi connectivity index (χ1) is 9.10. The molecule has 4 nitrogen and oxygen atoms in total. The first kappa shape index (κ1) is 14.3. The number of amides is 2. The maximum atomic E-state index is 12.0. The molecule has 1 aromatic carbocycles. The third kappa shape index (κ3) is 3.68. The highest BCUT2D eigenvalue weighted by Gasteiger charge is 2.28. The summed E-state index contributed by atoms with van der Waals surface area (Å²) in [5.41, 5.74) is 1.06. The van der Waals surface area contributed by atoms with Crippen molar-refractivity contribution in [3.63, 3.8) is 0 Å². The van der Waals surface area contributed by atoms with Crippen LogP contribution >= 0.6 is 22.6 Å². The van der Waals surface area contributed by atoms with E-state index in [2.05, 4.69) is 22.6 Å². The van der Waals surface area contributed by atoms with Gasteiger partial charge in [-0.3, -0.25) is 9.59 Å². The summed E-state index contributed by atoms with van der Waals surface area (Å²) >= 11 is 2.25. The molecule has 2 amide bonds. The molecule has 0 atom stereocenters. The lowest BCUT2D eigenvalue weighted by Crippen LogP contribution is -2.53. The molecule has 0 spiro atoms. The predicted octanol–water partition coefficient (Wildman–Crippen LogP) is 1.87. The van der Waals surface area contributed by atoms with Gasteiger partial charge in [0.25, 0.3) is 0 Å². The summed E-state index contributed by atoms with van der Waals surface area (Å²) in [6.07, 6.45) is 0.885.